The molecule has 2 aromatic carbocycles. The number of hydrogen-bond donors (Lipinski definition) is 0. The predicted molar refractivity (Wildman–Crippen MR) is 121 cm³/mol. The number of amides is 2. The van der Waals surface area contributed by atoms with Gasteiger partial charge in [0, 0.05) is 36.3 Å². The third-order valence-electron chi connectivity index (χ3n) is 6.73. The molecule has 0 bridgehead atoms. The molecule has 2 heterocycles. The van der Waals surface area contributed by atoms with Gasteiger partial charge in [0.2, 0.25) is 0 Å². The summed E-state index contributed by atoms with van der Waals surface area (Å²) in [5.41, 5.74) is 3.10. The van der Waals surface area contributed by atoms with Gasteiger partial charge in [-0.15, -0.1) is 0 Å². The standard InChI is InChI=1S/C26H32N2O2/c1-19-11-7-9-17-27(19)25(29)23-15-5-3-13-21(23)22-14-4-6-16-24(22)26(30)28-18-10-8-12-20(28)2/h3-6,13-16,19-20H,7-12,17-18H2,1-2H3. The van der Waals surface area contributed by atoms with Crippen molar-refractivity contribution in [2.24, 2.45) is 0 Å². The average molecular weight is 405 g/mol. The number of hydrogen-bond acceptors (Lipinski definition) is 2. The minimum Gasteiger partial charge on any atom is -0.336 e. The van der Waals surface area contributed by atoms with Crippen LogP contribution in [-0.4, -0.2) is 46.8 Å². The fourth-order valence-electron chi connectivity index (χ4n) is 4.92. The molecule has 0 radical (unpaired) electrons. The Labute approximate surface area is 179 Å². The molecule has 0 spiro atoms. The first-order valence-electron chi connectivity index (χ1n) is 11.4. The molecular weight excluding hydrogens is 372 g/mol. The molecule has 0 N–H and O–H groups in total. The highest BCUT2D eigenvalue weighted by atomic mass is 16.2. The summed E-state index contributed by atoms with van der Waals surface area (Å²) in [7, 11) is 0. The average Bonchev–Trinajstić information content (AvgIpc) is 2.79. The maximum Gasteiger partial charge on any atom is 0.254 e. The molecule has 2 amide bonds. The monoisotopic (exact) mass is 404 g/mol. The van der Waals surface area contributed by atoms with Gasteiger partial charge in [-0.05, 0) is 75.6 Å². The van der Waals surface area contributed by atoms with E-state index in [1.54, 1.807) is 0 Å². The Morgan fingerprint density at radius 1 is 0.667 bits per heavy atom. The minimum absolute atomic E-state index is 0.0754. The maximum atomic E-state index is 13.5. The molecule has 2 aromatic rings. The molecule has 2 unspecified atom stereocenters. The van der Waals surface area contributed by atoms with Crippen molar-refractivity contribution in [3.63, 3.8) is 0 Å². The zero-order valence-electron chi connectivity index (χ0n) is 18.1. The largest absolute Gasteiger partial charge is 0.336 e. The topological polar surface area (TPSA) is 40.6 Å². The van der Waals surface area contributed by atoms with Crippen molar-refractivity contribution in [1.29, 1.82) is 0 Å². The molecule has 0 aliphatic carbocycles. The number of benzene rings is 2. The van der Waals surface area contributed by atoms with Crippen molar-refractivity contribution in [3.8, 4) is 11.1 Å². The quantitative estimate of drug-likeness (QED) is 0.689. The van der Waals surface area contributed by atoms with Crippen molar-refractivity contribution < 1.29 is 9.59 Å². The van der Waals surface area contributed by atoms with Crippen molar-refractivity contribution in [2.45, 2.75) is 64.5 Å². The molecule has 30 heavy (non-hydrogen) atoms. The van der Waals surface area contributed by atoms with Gasteiger partial charge < -0.3 is 9.80 Å². The molecule has 2 aliphatic heterocycles. The van der Waals surface area contributed by atoms with Crippen molar-refractivity contribution in [2.75, 3.05) is 13.1 Å². The SMILES string of the molecule is CC1CCCCN1C(=O)c1ccccc1-c1ccccc1C(=O)N1CCCCC1C. The van der Waals surface area contributed by atoms with Gasteiger partial charge in [0.05, 0.1) is 0 Å². The van der Waals surface area contributed by atoms with Gasteiger partial charge in [-0.3, -0.25) is 9.59 Å². The van der Waals surface area contributed by atoms with Crippen LogP contribution in [0.4, 0.5) is 0 Å². The zero-order chi connectivity index (χ0) is 21.1. The van der Waals surface area contributed by atoms with Crippen LogP contribution in [0.15, 0.2) is 48.5 Å². The van der Waals surface area contributed by atoms with Crippen LogP contribution in [0.2, 0.25) is 0 Å². The van der Waals surface area contributed by atoms with Crippen molar-refractivity contribution in [1.82, 2.24) is 9.80 Å². The van der Waals surface area contributed by atoms with Crippen LogP contribution in [0.3, 0.4) is 0 Å². The van der Waals surface area contributed by atoms with E-state index in [9.17, 15) is 9.59 Å². The second kappa shape index (κ2) is 9.03. The van der Waals surface area contributed by atoms with Crippen molar-refractivity contribution in [3.05, 3.63) is 59.7 Å². The number of nitrogens with zero attached hydrogens (tertiary/aromatic N) is 2. The van der Waals surface area contributed by atoms with Gasteiger partial charge in [-0.2, -0.15) is 0 Å². The number of piperidine rings is 2. The molecule has 0 saturated carbocycles. The normalized spacial score (nSPS) is 22.1. The summed E-state index contributed by atoms with van der Waals surface area (Å²) >= 11 is 0. The summed E-state index contributed by atoms with van der Waals surface area (Å²) in [4.78, 5) is 30.9. The fourth-order valence-corrected chi connectivity index (χ4v) is 4.92. The molecule has 4 rings (SSSR count). The first kappa shape index (κ1) is 20.6. The highest BCUT2D eigenvalue weighted by Gasteiger charge is 2.29. The molecule has 0 aromatic heterocycles. The fraction of sp³-hybridized carbons (Fsp3) is 0.462. The van der Waals surface area contributed by atoms with Gasteiger partial charge in [0.1, 0.15) is 0 Å². The molecule has 158 valence electrons. The molecule has 2 fully saturated rings. The van der Waals surface area contributed by atoms with E-state index < -0.39 is 0 Å². The molecule has 4 nitrogen and oxygen atoms in total. The minimum atomic E-state index is 0.0754. The Morgan fingerprint density at radius 3 is 1.47 bits per heavy atom. The lowest BCUT2D eigenvalue weighted by Crippen LogP contribution is -2.42. The Kier molecular flexibility index (Phi) is 6.21. The van der Waals surface area contributed by atoms with E-state index in [4.69, 9.17) is 0 Å². The van der Waals surface area contributed by atoms with E-state index in [0.29, 0.717) is 11.1 Å². The van der Waals surface area contributed by atoms with Gasteiger partial charge in [0.25, 0.3) is 11.8 Å². The van der Waals surface area contributed by atoms with Crippen LogP contribution in [0.5, 0.6) is 0 Å². The first-order chi connectivity index (χ1) is 14.6. The van der Waals surface area contributed by atoms with E-state index in [2.05, 4.69) is 13.8 Å². The summed E-state index contributed by atoms with van der Waals surface area (Å²) in [5.74, 6) is 0.151. The van der Waals surface area contributed by atoms with Gasteiger partial charge in [-0.1, -0.05) is 36.4 Å². The lowest BCUT2D eigenvalue weighted by Gasteiger charge is -2.35. The Morgan fingerprint density at radius 2 is 1.07 bits per heavy atom. The molecular formula is C26H32N2O2. The smallest absolute Gasteiger partial charge is 0.254 e. The van der Waals surface area contributed by atoms with Crippen LogP contribution in [0.25, 0.3) is 11.1 Å². The number of carbonyl (C=O) groups excluding carboxylic acids is 2. The van der Waals surface area contributed by atoms with E-state index in [0.717, 1.165) is 49.9 Å². The van der Waals surface area contributed by atoms with E-state index in [1.165, 1.54) is 12.8 Å². The Balaban J connectivity index is 1.72. The van der Waals surface area contributed by atoms with Gasteiger partial charge in [0.15, 0.2) is 0 Å². The summed E-state index contributed by atoms with van der Waals surface area (Å²) in [6, 6.07) is 16.0. The van der Waals surface area contributed by atoms with Crippen LogP contribution in [0, 0.1) is 0 Å². The second-order valence-corrected chi connectivity index (χ2v) is 8.78. The van der Waals surface area contributed by atoms with Crippen molar-refractivity contribution >= 4 is 11.8 Å². The molecule has 2 aliphatic rings. The van der Waals surface area contributed by atoms with Gasteiger partial charge in [-0.25, -0.2) is 0 Å². The third-order valence-corrected chi connectivity index (χ3v) is 6.73. The maximum absolute atomic E-state index is 13.5. The highest BCUT2D eigenvalue weighted by Crippen LogP contribution is 2.31. The second-order valence-electron chi connectivity index (χ2n) is 8.78. The summed E-state index contributed by atoms with van der Waals surface area (Å²) in [6.45, 7) is 5.88. The Bertz CT molecular complexity index is 847. The zero-order valence-corrected chi connectivity index (χ0v) is 18.1. The van der Waals surface area contributed by atoms with Crippen LogP contribution in [-0.2, 0) is 0 Å². The first-order valence-corrected chi connectivity index (χ1v) is 11.4. The van der Waals surface area contributed by atoms with E-state index in [-0.39, 0.29) is 23.9 Å². The third kappa shape index (κ3) is 4.00. The predicted octanol–water partition coefficient (Wildman–Crippen LogP) is 5.38. The summed E-state index contributed by atoms with van der Waals surface area (Å²) in [6.07, 6.45) is 6.57. The lowest BCUT2D eigenvalue weighted by atomic mass is 9.92. The number of likely N-dealkylation sites (tertiary alicyclic amines) is 2. The highest BCUT2D eigenvalue weighted by molar-refractivity contribution is 6.06. The van der Waals surface area contributed by atoms with E-state index >= 15 is 0 Å². The lowest BCUT2D eigenvalue weighted by molar-refractivity contribution is 0.0626. The molecule has 2 saturated heterocycles. The van der Waals surface area contributed by atoms with Crippen LogP contribution >= 0.6 is 0 Å². The summed E-state index contributed by atoms with van der Waals surface area (Å²) in [5, 5.41) is 0. The Hall–Kier alpha value is -2.62. The van der Waals surface area contributed by atoms with E-state index in [1.807, 2.05) is 58.3 Å². The molecule has 2 atom stereocenters. The van der Waals surface area contributed by atoms with Crippen LogP contribution in [0.1, 0.15) is 73.1 Å². The van der Waals surface area contributed by atoms with Gasteiger partial charge >= 0.3 is 0 Å². The summed E-state index contributed by atoms with van der Waals surface area (Å²) < 4.78 is 0. The molecule has 4 heteroatoms. The number of carbonyl (C=O) groups is 2. The number of rotatable bonds is 3. The van der Waals surface area contributed by atoms with Crippen LogP contribution < -0.4 is 0 Å².